The van der Waals surface area contributed by atoms with Gasteiger partial charge in [-0.05, 0) is 112 Å². The quantitative estimate of drug-likeness (QED) is 0.295. The van der Waals surface area contributed by atoms with Crippen molar-refractivity contribution in [2.75, 3.05) is 0 Å². The summed E-state index contributed by atoms with van der Waals surface area (Å²) in [6.07, 6.45) is 8.28. The van der Waals surface area contributed by atoms with Gasteiger partial charge in [-0.3, -0.25) is 9.59 Å². The van der Waals surface area contributed by atoms with E-state index < -0.39 is 29.5 Å². The van der Waals surface area contributed by atoms with E-state index in [0.29, 0.717) is 48.7 Å². The van der Waals surface area contributed by atoms with E-state index in [4.69, 9.17) is 14.2 Å². The summed E-state index contributed by atoms with van der Waals surface area (Å²) in [5.41, 5.74) is 0.0483. The van der Waals surface area contributed by atoms with E-state index in [9.17, 15) is 18.4 Å². The van der Waals surface area contributed by atoms with Gasteiger partial charge in [-0.15, -0.1) is 0 Å². The lowest BCUT2D eigenvalue weighted by molar-refractivity contribution is -0.178. The van der Waals surface area contributed by atoms with Crippen LogP contribution in [0.4, 0.5) is 8.78 Å². The predicted molar refractivity (Wildman–Crippen MR) is 159 cm³/mol. The zero-order valence-corrected chi connectivity index (χ0v) is 26.8. The molecule has 5 fully saturated rings. The zero-order valence-electron chi connectivity index (χ0n) is 26.8. The average molecular weight is 601 g/mol. The first-order chi connectivity index (χ1) is 20.2. The number of fused-ring (bicyclic) bond motifs is 7. The number of hydrogen-bond donors (Lipinski definition) is 0. The van der Waals surface area contributed by atoms with Crippen molar-refractivity contribution < 1.29 is 32.6 Å². The van der Waals surface area contributed by atoms with Crippen LogP contribution in [0.15, 0.2) is 18.2 Å². The van der Waals surface area contributed by atoms with Crippen molar-refractivity contribution in [2.45, 2.75) is 130 Å². The first kappa shape index (κ1) is 31.1. The fourth-order valence-corrected chi connectivity index (χ4v) is 11.0. The van der Waals surface area contributed by atoms with Gasteiger partial charge in [-0.1, -0.05) is 33.3 Å². The van der Waals surface area contributed by atoms with Gasteiger partial charge in [-0.25, -0.2) is 8.78 Å². The van der Waals surface area contributed by atoms with Gasteiger partial charge in [0.15, 0.2) is 5.79 Å². The van der Waals surface area contributed by atoms with Crippen LogP contribution in [-0.4, -0.2) is 29.7 Å². The molecule has 1 aromatic carbocycles. The Bertz CT molecular complexity index is 1230. The maximum absolute atomic E-state index is 14.5. The van der Waals surface area contributed by atoms with Gasteiger partial charge in [0.2, 0.25) is 0 Å². The minimum Gasteiger partial charge on any atom is -0.457 e. The van der Waals surface area contributed by atoms with Crippen LogP contribution >= 0.6 is 0 Å². The zero-order chi connectivity index (χ0) is 30.9. The van der Waals surface area contributed by atoms with Crippen molar-refractivity contribution in [1.29, 1.82) is 0 Å². The number of carbonyl (C=O) groups is 2. The summed E-state index contributed by atoms with van der Waals surface area (Å²) < 4.78 is 47.2. The molecule has 238 valence electrons. The Morgan fingerprint density at radius 3 is 2.33 bits per heavy atom. The van der Waals surface area contributed by atoms with Crippen LogP contribution < -0.4 is 0 Å². The molecule has 1 aromatic rings. The summed E-state index contributed by atoms with van der Waals surface area (Å²) in [5, 5.41) is 0. The molecule has 0 radical (unpaired) electrons. The molecule has 1 aliphatic heterocycles. The Morgan fingerprint density at radius 1 is 0.953 bits per heavy atom. The monoisotopic (exact) mass is 600 g/mol. The van der Waals surface area contributed by atoms with Crippen LogP contribution in [-0.2, 0) is 23.8 Å². The molecule has 1 unspecified atom stereocenters. The van der Waals surface area contributed by atoms with E-state index in [0.717, 1.165) is 44.9 Å². The topological polar surface area (TPSA) is 61.8 Å². The van der Waals surface area contributed by atoms with Crippen LogP contribution in [0.3, 0.4) is 0 Å². The van der Waals surface area contributed by atoms with Gasteiger partial charge in [0.1, 0.15) is 23.5 Å². The van der Waals surface area contributed by atoms with Gasteiger partial charge in [0.05, 0.1) is 17.8 Å². The molecule has 0 spiro atoms. The Kier molecular flexibility index (Phi) is 8.10. The molecule has 1 saturated heterocycles. The number of hydrogen-bond acceptors (Lipinski definition) is 5. The fourth-order valence-electron chi connectivity index (χ4n) is 11.0. The maximum Gasteiger partial charge on any atom is 0.303 e. The fraction of sp³-hybridized carbons (Fsp3) is 0.778. The third kappa shape index (κ3) is 5.28. The number of Topliss-reactive ketones (excluding diaryl/α,β-unsaturated/α-hetero) is 1. The predicted octanol–water partition coefficient (Wildman–Crippen LogP) is 8.34. The van der Waals surface area contributed by atoms with Gasteiger partial charge in [0, 0.05) is 25.2 Å². The number of ketones is 1. The SMILES string of the molecule is CC(=O)OC(CCC[C@@H](C)[C@H]1CC[C@H]2[C@@H]3C(=O)C[C@H]4[C@H]5OC(C)(C)O[C@H]5CC[C@]4(C)[C@H]3CC[C@]12C)c1c(F)cccc1F. The second kappa shape index (κ2) is 11.2. The van der Waals surface area contributed by atoms with Crippen molar-refractivity contribution >= 4 is 11.8 Å². The molecule has 6 rings (SSSR count). The number of carbonyl (C=O) groups excluding carboxylic acids is 2. The standard InChI is InChI=1S/C36H50F2O5/c1-20(9-7-12-29(41-21(2)39)32-26(37)10-8-11-27(32)38)22-13-14-23-31-24(15-17-35(22,23)5)36(6)18-16-30-33(25(36)19-28(31)40)43-34(3,4)42-30/h8,10-11,20,22-25,29-31,33H,7,9,12-19H2,1-6H3/t20-,22-,23+,24+,25+,29?,30+,31+,33-,35-,36-/m1/s1. The smallest absolute Gasteiger partial charge is 0.303 e. The average Bonchev–Trinajstić information content (AvgIpc) is 3.44. The van der Waals surface area contributed by atoms with E-state index in [2.05, 4.69) is 20.8 Å². The van der Waals surface area contributed by atoms with Crippen molar-refractivity contribution in [2.24, 2.45) is 46.3 Å². The van der Waals surface area contributed by atoms with Crippen molar-refractivity contribution in [3.05, 3.63) is 35.4 Å². The van der Waals surface area contributed by atoms with Crippen LogP contribution in [0.25, 0.3) is 0 Å². The first-order valence-electron chi connectivity index (χ1n) is 16.7. The molecule has 4 saturated carbocycles. The van der Waals surface area contributed by atoms with E-state index in [1.54, 1.807) is 0 Å². The van der Waals surface area contributed by atoms with Crippen LogP contribution in [0, 0.1) is 58.0 Å². The van der Waals surface area contributed by atoms with Crippen LogP contribution in [0.1, 0.15) is 117 Å². The largest absolute Gasteiger partial charge is 0.457 e. The molecule has 5 aliphatic rings. The second-order valence-corrected chi connectivity index (χ2v) is 15.6. The molecular formula is C36H50F2O5. The Hall–Kier alpha value is -1.86. The first-order valence-corrected chi connectivity index (χ1v) is 16.7. The Labute approximate surface area is 255 Å². The molecule has 0 bridgehead atoms. The van der Waals surface area contributed by atoms with E-state index in [1.165, 1.54) is 25.1 Å². The van der Waals surface area contributed by atoms with Crippen molar-refractivity contribution in [1.82, 2.24) is 0 Å². The Morgan fingerprint density at radius 2 is 1.63 bits per heavy atom. The Balaban J connectivity index is 1.14. The van der Waals surface area contributed by atoms with Gasteiger partial charge in [0.25, 0.3) is 0 Å². The summed E-state index contributed by atoms with van der Waals surface area (Å²) in [4.78, 5) is 25.8. The summed E-state index contributed by atoms with van der Waals surface area (Å²) in [5.74, 6) is 0.0209. The third-order valence-electron chi connectivity index (χ3n) is 12.9. The second-order valence-electron chi connectivity index (χ2n) is 15.6. The lowest BCUT2D eigenvalue weighted by Crippen LogP contribution is -2.60. The summed E-state index contributed by atoms with van der Waals surface area (Å²) >= 11 is 0. The molecule has 11 atom stereocenters. The summed E-state index contributed by atoms with van der Waals surface area (Å²) in [6, 6.07) is 3.75. The molecule has 7 heteroatoms. The van der Waals surface area contributed by atoms with Gasteiger partial charge in [-0.2, -0.15) is 0 Å². The number of benzene rings is 1. The third-order valence-corrected chi connectivity index (χ3v) is 12.9. The minimum atomic E-state index is -0.934. The molecule has 0 aromatic heterocycles. The van der Waals surface area contributed by atoms with Gasteiger partial charge < -0.3 is 14.2 Å². The number of esters is 1. The highest BCUT2D eigenvalue weighted by Crippen LogP contribution is 2.68. The highest BCUT2D eigenvalue weighted by atomic mass is 19.1. The van der Waals surface area contributed by atoms with E-state index in [-0.39, 0.29) is 40.4 Å². The van der Waals surface area contributed by atoms with Crippen LogP contribution in [0.5, 0.6) is 0 Å². The molecule has 0 amide bonds. The highest BCUT2D eigenvalue weighted by Gasteiger charge is 2.66. The molecule has 1 heterocycles. The highest BCUT2D eigenvalue weighted by molar-refractivity contribution is 5.83. The maximum atomic E-state index is 14.5. The lowest BCUT2D eigenvalue weighted by atomic mass is 9.43. The lowest BCUT2D eigenvalue weighted by Gasteiger charge is -2.61. The van der Waals surface area contributed by atoms with Crippen LogP contribution in [0.2, 0.25) is 0 Å². The molecular weight excluding hydrogens is 550 g/mol. The summed E-state index contributed by atoms with van der Waals surface area (Å²) in [6.45, 7) is 12.5. The molecule has 0 N–H and O–H groups in total. The normalized spacial score (nSPS) is 41.0. The number of halogens is 2. The summed E-state index contributed by atoms with van der Waals surface area (Å²) in [7, 11) is 0. The van der Waals surface area contributed by atoms with E-state index >= 15 is 0 Å². The van der Waals surface area contributed by atoms with Gasteiger partial charge >= 0.3 is 5.97 Å². The molecule has 4 aliphatic carbocycles. The number of rotatable bonds is 7. The van der Waals surface area contributed by atoms with E-state index in [1.807, 2.05) is 13.8 Å². The molecule has 5 nitrogen and oxygen atoms in total. The van der Waals surface area contributed by atoms with Crippen molar-refractivity contribution in [3.8, 4) is 0 Å². The molecule has 43 heavy (non-hydrogen) atoms. The van der Waals surface area contributed by atoms with Crippen molar-refractivity contribution in [3.63, 3.8) is 0 Å². The number of ether oxygens (including phenoxy) is 3. The minimum absolute atomic E-state index is 0.0111.